The van der Waals surface area contributed by atoms with Crippen LogP contribution in [-0.2, 0) is 0 Å². The zero-order valence-electron chi connectivity index (χ0n) is 20.9. The van der Waals surface area contributed by atoms with Crippen LogP contribution in [0.1, 0.15) is 25.0 Å². The van der Waals surface area contributed by atoms with Crippen molar-refractivity contribution < 1.29 is 9.85 Å². The second kappa shape index (κ2) is 12.0. The van der Waals surface area contributed by atoms with Crippen LogP contribution in [0.3, 0.4) is 0 Å². The Balaban J connectivity index is 1.60. The normalized spacial score (nSPS) is 11.5. The molecule has 0 saturated heterocycles. The summed E-state index contributed by atoms with van der Waals surface area (Å²) < 4.78 is 0. The van der Waals surface area contributed by atoms with E-state index in [1.54, 1.807) is 44.2 Å². The number of anilines is 4. The molecule has 0 spiro atoms. The number of rotatable bonds is 10. The molecule has 0 fully saturated rings. The minimum absolute atomic E-state index is 0.0399. The molecule has 0 atom stereocenters. The van der Waals surface area contributed by atoms with Crippen molar-refractivity contribution in [1.82, 2.24) is 9.97 Å². The SMILES string of the molecule is CC(=NNc1cc(Nc2ccccc2)nc(NN=C(C)c2cccc([N+](=O)[O-])c2)n1)c1cccc([N+](=O)[O-])c1. The van der Waals surface area contributed by atoms with Gasteiger partial charge in [0.25, 0.3) is 11.4 Å². The van der Waals surface area contributed by atoms with Crippen LogP contribution in [-0.4, -0.2) is 31.2 Å². The van der Waals surface area contributed by atoms with Crippen LogP contribution in [0.5, 0.6) is 0 Å². The van der Waals surface area contributed by atoms with Gasteiger partial charge in [0, 0.05) is 47.1 Å². The number of nitrogens with one attached hydrogen (secondary N) is 3. The third-order valence-corrected chi connectivity index (χ3v) is 5.38. The van der Waals surface area contributed by atoms with Gasteiger partial charge in [-0.05, 0) is 26.0 Å². The monoisotopic (exact) mass is 525 g/mol. The minimum atomic E-state index is -0.472. The number of hydrogen-bond acceptors (Lipinski definition) is 11. The topological polar surface area (TPSA) is 173 Å². The lowest BCUT2D eigenvalue weighted by molar-refractivity contribution is -0.385. The van der Waals surface area contributed by atoms with Crippen molar-refractivity contribution in [3.8, 4) is 0 Å². The molecule has 196 valence electrons. The number of aromatic nitrogens is 2. The van der Waals surface area contributed by atoms with E-state index in [9.17, 15) is 20.2 Å². The third kappa shape index (κ3) is 7.16. The molecule has 0 amide bonds. The number of nitro benzene ring substituents is 2. The van der Waals surface area contributed by atoms with E-state index in [0.29, 0.717) is 34.2 Å². The highest BCUT2D eigenvalue weighted by Crippen LogP contribution is 2.20. The fourth-order valence-corrected chi connectivity index (χ4v) is 3.38. The van der Waals surface area contributed by atoms with E-state index in [1.807, 2.05) is 30.3 Å². The van der Waals surface area contributed by atoms with Crippen LogP contribution in [0.25, 0.3) is 0 Å². The number of non-ortho nitro benzene ring substituents is 2. The van der Waals surface area contributed by atoms with Gasteiger partial charge in [0.15, 0.2) is 5.82 Å². The molecular weight excluding hydrogens is 502 g/mol. The Morgan fingerprint density at radius 2 is 1.23 bits per heavy atom. The fraction of sp³-hybridized carbons (Fsp3) is 0.0769. The molecule has 13 heteroatoms. The van der Waals surface area contributed by atoms with Gasteiger partial charge in [-0.15, -0.1) is 0 Å². The number of nitro groups is 2. The maximum atomic E-state index is 11.1. The van der Waals surface area contributed by atoms with Crippen LogP contribution < -0.4 is 16.2 Å². The molecule has 0 aliphatic rings. The predicted octanol–water partition coefficient (Wildman–Crippen LogP) is 5.71. The molecule has 1 heterocycles. The molecule has 0 aliphatic heterocycles. The van der Waals surface area contributed by atoms with Crippen LogP contribution >= 0.6 is 0 Å². The Kier molecular flexibility index (Phi) is 8.11. The van der Waals surface area contributed by atoms with Gasteiger partial charge in [0.1, 0.15) is 5.82 Å². The van der Waals surface area contributed by atoms with Gasteiger partial charge < -0.3 is 5.32 Å². The summed E-state index contributed by atoms with van der Waals surface area (Å²) in [6, 6.07) is 23.3. The maximum Gasteiger partial charge on any atom is 0.270 e. The Labute approximate surface area is 222 Å². The zero-order chi connectivity index (χ0) is 27.8. The number of para-hydroxylation sites is 1. The van der Waals surface area contributed by atoms with Crippen molar-refractivity contribution in [2.75, 3.05) is 16.2 Å². The molecule has 1 aromatic heterocycles. The van der Waals surface area contributed by atoms with E-state index in [-0.39, 0.29) is 17.3 Å². The number of hydrogen-bond donors (Lipinski definition) is 3. The van der Waals surface area contributed by atoms with E-state index in [4.69, 9.17) is 0 Å². The largest absolute Gasteiger partial charge is 0.340 e. The first-order chi connectivity index (χ1) is 18.8. The Hall–Kier alpha value is -5.72. The van der Waals surface area contributed by atoms with Crippen LogP contribution in [0.4, 0.5) is 34.6 Å². The molecule has 4 aromatic rings. The van der Waals surface area contributed by atoms with Crippen LogP contribution in [0, 0.1) is 20.2 Å². The fourth-order valence-electron chi connectivity index (χ4n) is 3.38. The first-order valence-corrected chi connectivity index (χ1v) is 11.6. The molecule has 0 aliphatic carbocycles. The highest BCUT2D eigenvalue weighted by atomic mass is 16.6. The van der Waals surface area contributed by atoms with Crippen molar-refractivity contribution in [2.24, 2.45) is 10.2 Å². The van der Waals surface area contributed by atoms with E-state index >= 15 is 0 Å². The average molecular weight is 526 g/mol. The Morgan fingerprint density at radius 1 is 0.692 bits per heavy atom. The van der Waals surface area contributed by atoms with E-state index < -0.39 is 9.85 Å². The van der Waals surface area contributed by atoms with Crippen LogP contribution in [0.15, 0.2) is 95.1 Å². The molecule has 0 radical (unpaired) electrons. The number of nitrogens with zero attached hydrogens (tertiary/aromatic N) is 6. The molecular formula is C26H23N9O4. The van der Waals surface area contributed by atoms with Crippen molar-refractivity contribution >= 4 is 46.1 Å². The Morgan fingerprint density at radius 3 is 1.79 bits per heavy atom. The summed E-state index contributed by atoms with van der Waals surface area (Å²) in [6.07, 6.45) is 0. The first kappa shape index (κ1) is 26.3. The molecule has 13 nitrogen and oxygen atoms in total. The Bertz CT molecular complexity index is 1480. The van der Waals surface area contributed by atoms with Crippen LogP contribution in [0.2, 0.25) is 0 Å². The zero-order valence-corrected chi connectivity index (χ0v) is 20.9. The predicted molar refractivity (Wildman–Crippen MR) is 150 cm³/mol. The molecule has 0 unspecified atom stereocenters. The van der Waals surface area contributed by atoms with Gasteiger partial charge in [0.2, 0.25) is 5.95 Å². The highest BCUT2D eigenvalue weighted by Gasteiger charge is 2.10. The quantitative estimate of drug-likeness (QED) is 0.133. The smallest absolute Gasteiger partial charge is 0.270 e. The summed E-state index contributed by atoms with van der Waals surface area (Å²) in [7, 11) is 0. The standard InChI is InChI=1S/C26H23N9O4/c1-17(19-8-6-12-22(14-19)34(36)37)30-32-25-16-24(27-21-10-4-3-5-11-21)28-26(29-25)33-31-18(2)20-9-7-13-23(15-20)35(38)39/h3-16H,1-2H3,(H3,27,28,29,32,33). The van der Waals surface area contributed by atoms with Gasteiger partial charge in [-0.1, -0.05) is 42.5 Å². The van der Waals surface area contributed by atoms with Gasteiger partial charge in [-0.3, -0.25) is 25.7 Å². The van der Waals surface area contributed by atoms with E-state index in [1.165, 1.54) is 24.3 Å². The summed E-state index contributed by atoms with van der Waals surface area (Å²) >= 11 is 0. The summed E-state index contributed by atoms with van der Waals surface area (Å²) in [4.78, 5) is 30.1. The van der Waals surface area contributed by atoms with E-state index in [2.05, 4.69) is 36.3 Å². The minimum Gasteiger partial charge on any atom is -0.340 e. The molecule has 4 rings (SSSR count). The second-order valence-corrected chi connectivity index (χ2v) is 8.19. The number of benzene rings is 3. The molecule has 39 heavy (non-hydrogen) atoms. The number of hydrazone groups is 2. The molecule has 3 N–H and O–H groups in total. The van der Waals surface area contributed by atoms with Gasteiger partial charge in [-0.25, -0.2) is 5.43 Å². The lowest BCUT2D eigenvalue weighted by Crippen LogP contribution is -2.07. The van der Waals surface area contributed by atoms with Gasteiger partial charge >= 0.3 is 0 Å². The summed E-state index contributed by atoms with van der Waals surface area (Å²) in [5.41, 5.74) is 8.48. The third-order valence-electron chi connectivity index (χ3n) is 5.38. The summed E-state index contributed by atoms with van der Waals surface area (Å²) in [5.74, 6) is 0.887. The van der Waals surface area contributed by atoms with Gasteiger partial charge in [0.05, 0.1) is 21.3 Å². The maximum absolute atomic E-state index is 11.1. The lowest BCUT2D eigenvalue weighted by Gasteiger charge is -2.10. The molecule has 0 bridgehead atoms. The van der Waals surface area contributed by atoms with Gasteiger partial charge in [-0.2, -0.15) is 20.2 Å². The molecule has 3 aromatic carbocycles. The van der Waals surface area contributed by atoms with Crippen molar-refractivity contribution in [2.45, 2.75) is 13.8 Å². The summed E-state index contributed by atoms with van der Waals surface area (Å²) in [6.45, 7) is 3.41. The van der Waals surface area contributed by atoms with E-state index in [0.717, 1.165) is 5.69 Å². The highest BCUT2D eigenvalue weighted by molar-refractivity contribution is 6.00. The van der Waals surface area contributed by atoms with Crippen molar-refractivity contribution in [3.05, 3.63) is 116 Å². The lowest BCUT2D eigenvalue weighted by atomic mass is 10.1. The second-order valence-electron chi connectivity index (χ2n) is 8.19. The first-order valence-electron chi connectivity index (χ1n) is 11.6. The van der Waals surface area contributed by atoms with Crippen molar-refractivity contribution in [1.29, 1.82) is 0 Å². The summed E-state index contributed by atoms with van der Waals surface area (Å²) in [5, 5.41) is 34.0. The average Bonchev–Trinajstić information content (AvgIpc) is 2.95. The van der Waals surface area contributed by atoms with Crippen molar-refractivity contribution in [3.63, 3.8) is 0 Å². The molecule has 0 saturated carbocycles.